The molecule has 18 heavy (non-hydrogen) atoms. The molecule has 0 aliphatic heterocycles. The van der Waals surface area contributed by atoms with E-state index in [4.69, 9.17) is 11.6 Å². The smallest absolute Gasteiger partial charge is 0.224 e. The topological polar surface area (TPSA) is 29.1 Å². The van der Waals surface area contributed by atoms with Crippen LogP contribution in [0.4, 0.5) is 0 Å². The van der Waals surface area contributed by atoms with Gasteiger partial charge < -0.3 is 5.32 Å². The Morgan fingerprint density at radius 3 is 2.78 bits per heavy atom. The summed E-state index contributed by atoms with van der Waals surface area (Å²) < 4.78 is 0.992. The summed E-state index contributed by atoms with van der Waals surface area (Å²) in [5.74, 6) is 0.601. The van der Waals surface area contributed by atoms with Crippen molar-refractivity contribution in [1.29, 1.82) is 0 Å². The first kappa shape index (κ1) is 15.5. The molecule has 0 spiro atoms. The lowest BCUT2D eigenvalue weighted by Gasteiger charge is -2.29. The number of nitrogens with one attached hydrogen (secondary N) is 1. The summed E-state index contributed by atoms with van der Waals surface area (Å²) >= 11 is 9.17. The van der Waals surface area contributed by atoms with Crippen molar-refractivity contribution in [2.45, 2.75) is 38.6 Å². The Morgan fingerprint density at radius 2 is 2.22 bits per heavy atom. The van der Waals surface area contributed by atoms with E-state index in [-0.39, 0.29) is 11.4 Å². The minimum atomic E-state index is -0.204. The van der Waals surface area contributed by atoms with Crippen LogP contribution in [-0.4, -0.2) is 17.3 Å². The standard InChI is InChI=1S/C14H19BrClNO/c1-3-14(2,7-8-16)17-13(18)10-11-5-4-6-12(15)9-11/h4-6,9H,3,7-8,10H2,1-2H3,(H,17,18). The highest BCUT2D eigenvalue weighted by Crippen LogP contribution is 2.16. The quantitative estimate of drug-likeness (QED) is 0.786. The Morgan fingerprint density at radius 1 is 1.50 bits per heavy atom. The highest BCUT2D eigenvalue weighted by atomic mass is 79.9. The molecule has 1 amide bonds. The van der Waals surface area contributed by atoms with Crippen LogP contribution in [0.5, 0.6) is 0 Å². The van der Waals surface area contributed by atoms with Gasteiger partial charge >= 0.3 is 0 Å². The van der Waals surface area contributed by atoms with Gasteiger partial charge in [0, 0.05) is 15.9 Å². The van der Waals surface area contributed by atoms with Crippen molar-refractivity contribution >= 4 is 33.4 Å². The molecule has 0 fully saturated rings. The van der Waals surface area contributed by atoms with E-state index < -0.39 is 0 Å². The summed E-state index contributed by atoms with van der Waals surface area (Å²) in [4.78, 5) is 12.0. The fraction of sp³-hybridized carbons (Fsp3) is 0.500. The molecule has 0 aliphatic carbocycles. The SMILES string of the molecule is CCC(C)(CCCl)NC(=O)Cc1cccc(Br)c1. The van der Waals surface area contributed by atoms with Gasteiger partial charge in [-0.2, -0.15) is 0 Å². The summed E-state index contributed by atoms with van der Waals surface area (Å²) in [7, 11) is 0. The molecule has 0 radical (unpaired) electrons. The molecule has 1 aromatic rings. The molecule has 2 nitrogen and oxygen atoms in total. The molecular formula is C14H19BrClNO. The second-order valence-corrected chi connectivity index (χ2v) is 6.00. The highest BCUT2D eigenvalue weighted by molar-refractivity contribution is 9.10. The molecule has 0 bridgehead atoms. The molecule has 0 saturated heterocycles. The molecule has 1 aromatic carbocycles. The van der Waals surface area contributed by atoms with Gasteiger partial charge in [0.15, 0.2) is 0 Å². The van der Waals surface area contributed by atoms with E-state index >= 15 is 0 Å². The lowest BCUT2D eigenvalue weighted by Crippen LogP contribution is -2.46. The number of benzene rings is 1. The van der Waals surface area contributed by atoms with Gasteiger partial charge in [-0.3, -0.25) is 4.79 Å². The second kappa shape index (κ2) is 7.15. The van der Waals surface area contributed by atoms with Crippen molar-refractivity contribution in [2.24, 2.45) is 0 Å². The number of hydrogen-bond acceptors (Lipinski definition) is 1. The van der Waals surface area contributed by atoms with Crippen molar-refractivity contribution in [1.82, 2.24) is 5.32 Å². The number of carbonyl (C=O) groups excluding carboxylic acids is 1. The molecule has 1 atom stereocenters. The summed E-state index contributed by atoms with van der Waals surface area (Å²) in [6.07, 6.45) is 2.07. The zero-order chi connectivity index (χ0) is 13.6. The highest BCUT2D eigenvalue weighted by Gasteiger charge is 2.23. The number of alkyl halides is 1. The van der Waals surface area contributed by atoms with Crippen LogP contribution in [0, 0.1) is 0 Å². The van der Waals surface area contributed by atoms with E-state index in [0.717, 1.165) is 22.9 Å². The lowest BCUT2D eigenvalue weighted by atomic mass is 9.95. The van der Waals surface area contributed by atoms with Crippen LogP contribution >= 0.6 is 27.5 Å². The fourth-order valence-electron chi connectivity index (χ4n) is 1.75. The van der Waals surface area contributed by atoms with E-state index in [1.54, 1.807) is 0 Å². The van der Waals surface area contributed by atoms with Crippen molar-refractivity contribution in [3.05, 3.63) is 34.3 Å². The Kier molecular flexibility index (Phi) is 6.16. The average Bonchev–Trinajstić information content (AvgIpc) is 2.29. The van der Waals surface area contributed by atoms with E-state index in [2.05, 4.69) is 28.2 Å². The Labute approximate surface area is 122 Å². The third kappa shape index (κ3) is 4.99. The van der Waals surface area contributed by atoms with Gasteiger partial charge in [0.05, 0.1) is 6.42 Å². The van der Waals surface area contributed by atoms with Crippen LogP contribution in [-0.2, 0) is 11.2 Å². The maximum absolute atomic E-state index is 12.0. The summed E-state index contributed by atoms with van der Waals surface area (Å²) in [5, 5.41) is 3.07. The predicted molar refractivity (Wildman–Crippen MR) is 80.0 cm³/mol. The molecule has 0 aromatic heterocycles. The van der Waals surface area contributed by atoms with Gasteiger partial charge in [0.1, 0.15) is 0 Å². The zero-order valence-corrected chi connectivity index (χ0v) is 13.1. The first-order valence-corrected chi connectivity index (χ1v) is 7.43. The number of amides is 1. The maximum atomic E-state index is 12.0. The first-order valence-electron chi connectivity index (χ1n) is 6.10. The van der Waals surface area contributed by atoms with Gasteiger partial charge in [-0.1, -0.05) is 35.0 Å². The Hall–Kier alpha value is -0.540. The first-order chi connectivity index (χ1) is 8.49. The Balaban J connectivity index is 2.61. The van der Waals surface area contributed by atoms with E-state index in [0.29, 0.717) is 12.3 Å². The molecule has 0 saturated carbocycles. The third-order valence-corrected chi connectivity index (χ3v) is 3.80. The van der Waals surface area contributed by atoms with Crippen molar-refractivity contribution < 1.29 is 4.79 Å². The molecule has 4 heteroatoms. The van der Waals surface area contributed by atoms with Crippen molar-refractivity contribution in [3.63, 3.8) is 0 Å². The molecule has 100 valence electrons. The minimum Gasteiger partial charge on any atom is -0.351 e. The molecule has 0 aliphatic rings. The van der Waals surface area contributed by atoms with Crippen LogP contribution in [0.15, 0.2) is 28.7 Å². The van der Waals surface area contributed by atoms with Crippen LogP contribution in [0.2, 0.25) is 0 Å². The number of carbonyl (C=O) groups is 1. The van der Waals surface area contributed by atoms with Crippen LogP contribution < -0.4 is 5.32 Å². The molecular weight excluding hydrogens is 314 g/mol. The molecule has 1 rings (SSSR count). The van der Waals surface area contributed by atoms with E-state index in [1.807, 2.05) is 31.2 Å². The van der Waals surface area contributed by atoms with Gasteiger partial charge in [-0.15, -0.1) is 11.6 Å². The maximum Gasteiger partial charge on any atom is 0.224 e. The summed E-state index contributed by atoms with van der Waals surface area (Å²) in [6, 6.07) is 7.80. The number of halogens is 2. The van der Waals surface area contributed by atoms with E-state index in [1.165, 1.54) is 0 Å². The van der Waals surface area contributed by atoms with Crippen LogP contribution in [0.1, 0.15) is 32.3 Å². The van der Waals surface area contributed by atoms with E-state index in [9.17, 15) is 4.79 Å². The Bertz CT molecular complexity index is 411. The normalized spacial score (nSPS) is 14.0. The fourth-order valence-corrected chi connectivity index (χ4v) is 2.61. The predicted octanol–water partition coefficient (Wildman–Crippen LogP) is 3.91. The second-order valence-electron chi connectivity index (χ2n) is 4.71. The zero-order valence-electron chi connectivity index (χ0n) is 10.8. The monoisotopic (exact) mass is 331 g/mol. The van der Waals surface area contributed by atoms with Crippen molar-refractivity contribution in [3.8, 4) is 0 Å². The molecule has 0 heterocycles. The summed E-state index contributed by atoms with van der Waals surface area (Å²) in [6.45, 7) is 4.10. The minimum absolute atomic E-state index is 0.0440. The molecule has 1 unspecified atom stereocenters. The lowest BCUT2D eigenvalue weighted by molar-refractivity contribution is -0.122. The third-order valence-electron chi connectivity index (χ3n) is 3.12. The summed E-state index contributed by atoms with van der Waals surface area (Å²) in [5.41, 5.74) is 0.802. The van der Waals surface area contributed by atoms with Gasteiger partial charge in [-0.05, 0) is 37.5 Å². The van der Waals surface area contributed by atoms with Crippen molar-refractivity contribution in [2.75, 3.05) is 5.88 Å². The average molecular weight is 333 g/mol. The molecule has 1 N–H and O–H groups in total. The van der Waals surface area contributed by atoms with Gasteiger partial charge in [0.25, 0.3) is 0 Å². The largest absolute Gasteiger partial charge is 0.351 e. The van der Waals surface area contributed by atoms with Gasteiger partial charge in [0.2, 0.25) is 5.91 Å². The van der Waals surface area contributed by atoms with Gasteiger partial charge in [-0.25, -0.2) is 0 Å². The van der Waals surface area contributed by atoms with Crippen LogP contribution in [0.3, 0.4) is 0 Å². The number of hydrogen-bond donors (Lipinski definition) is 1. The number of rotatable bonds is 6. The van der Waals surface area contributed by atoms with Crippen LogP contribution in [0.25, 0.3) is 0 Å².